The molecule has 0 aliphatic heterocycles. The van der Waals surface area contributed by atoms with Gasteiger partial charge in [0.25, 0.3) is 0 Å². The summed E-state index contributed by atoms with van der Waals surface area (Å²) >= 11 is 3.61. The molecule has 0 saturated heterocycles. The second kappa shape index (κ2) is 6.13. The van der Waals surface area contributed by atoms with Gasteiger partial charge < -0.3 is 9.88 Å². The van der Waals surface area contributed by atoms with Crippen molar-refractivity contribution < 1.29 is 0 Å². The lowest BCUT2D eigenvalue weighted by molar-refractivity contribution is 0.564. The van der Waals surface area contributed by atoms with Gasteiger partial charge in [0.1, 0.15) is 11.5 Å². The zero-order valence-electron chi connectivity index (χ0n) is 13.2. The van der Waals surface area contributed by atoms with Crippen molar-refractivity contribution in [1.29, 1.82) is 0 Å². The summed E-state index contributed by atoms with van der Waals surface area (Å²) in [6.45, 7) is 9.49. The molecule has 0 aliphatic rings. The average Bonchev–Trinajstić information content (AvgIpc) is 2.86. The predicted octanol–water partition coefficient (Wildman–Crippen LogP) is 3.85. The lowest BCUT2D eigenvalue weighted by Gasteiger charge is -2.21. The Balaban J connectivity index is 2.61. The summed E-state index contributed by atoms with van der Waals surface area (Å²) in [7, 11) is 1.87. The van der Waals surface area contributed by atoms with E-state index in [0.29, 0.717) is 5.82 Å². The van der Waals surface area contributed by atoms with E-state index in [1.54, 1.807) is 0 Å². The highest BCUT2D eigenvalue weighted by molar-refractivity contribution is 9.10. The molecule has 5 nitrogen and oxygen atoms in total. The number of rotatable bonds is 4. The first kappa shape index (κ1) is 15.9. The van der Waals surface area contributed by atoms with Crippen LogP contribution >= 0.6 is 15.9 Å². The number of nitrogens with zero attached hydrogens (tertiary/aromatic N) is 4. The van der Waals surface area contributed by atoms with Crippen LogP contribution in [0.2, 0.25) is 0 Å². The van der Waals surface area contributed by atoms with E-state index in [1.807, 2.05) is 19.6 Å². The van der Waals surface area contributed by atoms with Crippen LogP contribution in [0, 0.1) is 0 Å². The minimum Gasteiger partial charge on any atom is -0.372 e. The van der Waals surface area contributed by atoms with Gasteiger partial charge in [-0.15, -0.1) is 0 Å². The van der Waals surface area contributed by atoms with Crippen molar-refractivity contribution in [2.24, 2.45) is 0 Å². The van der Waals surface area contributed by atoms with E-state index in [9.17, 15) is 0 Å². The summed E-state index contributed by atoms with van der Waals surface area (Å²) in [5.74, 6) is 1.51. The third-order valence-electron chi connectivity index (χ3n) is 3.20. The first-order valence-electron chi connectivity index (χ1n) is 7.14. The Labute approximate surface area is 134 Å². The quantitative estimate of drug-likeness (QED) is 0.908. The SMILES string of the molecule is CCCn1cncc1-c1nc(NC)c(Br)c(C(C)(C)C)n1. The fourth-order valence-electron chi connectivity index (χ4n) is 2.15. The number of halogens is 1. The lowest BCUT2D eigenvalue weighted by Crippen LogP contribution is -2.17. The Morgan fingerprint density at radius 1 is 1.29 bits per heavy atom. The van der Waals surface area contributed by atoms with Crippen molar-refractivity contribution >= 4 is 21.7 Å². The summed E-state index contributed by atoms with van der Waals surface area (Å²) in [4.78, 5) is 13.6. The van der Waals surface area contributed by atoms with E-state index in [4.69, 9.17) is 4.98 Å². The van der Waals surface area contributed by atoms with Gasteiger partial charge in [-0.1, -0.05) is 27.7 Å². The molecule has 2 aromatic heterocycles. The van der Waals surface area contributed by atoms with Crippen LogP contribution in [-0.2, 0) is 12.0 Å². The van der Waals surface area contributed by atoms with Crippen LogP contribution in [0.3, 0.4) is 0 Å². The number of aryl methyl sites for hydroxylation is 1. The van der Waals surface area contributed by atoms with Crippen molar-refractivity contribution in [2.45, 2.75) is 46.1 Å². The van der Waals surface area contributed by atoms with Gasteiger partial charge in [-0.05, 0) is 22.4 Å². The van der Waals surface area contributed by atoms with Gasteiger partial charge in [0.2, 0.25) is 0 Å². The van der Waals surface area contributed by atoms with Crippen LogP contribution < -0.4 is 5.32 Å². The molecular weight excluding hydrogens is 330 g/mol. The molecule has 0 bridgehead atoms. The highest BCUT2D eigenvalue weighted by Crippen LogP contribution is 2.34. The van der Waals surface area contributed by atoms with Crippen molar-refractivity contribution in [3.63, 3.8) is 0 Å². The van der Waals surface area contributed by atoms with Crippen molar-refractivity contribution in [2.75, 3.05) is 12.4 Å². The molecule has 0 unspecified atom stereocenters. The highest BCUT2D eigenvalue weighted by atomic mass is 79.9. The van der Waals surface area contributed by atoms with Crippen LogP contribution in [0.15, 0.2) is 17.0 Å². The Bertz CT molecular complexity index is 627. The van der Waals surface area contributed by atoms with Crippen molar-refractivity contribution in [3.8, 4) is 11.5 Å². The molecule has 2 aromatic rings. The molecule has 0 aromatic carbocycles. The molecule has 2 rings (SSSR count). The van der Waals surface area contributed by atoms with Gasteiger partial charge in [-0.3, -0.25) is 0 Å². The molecular formula is C15H22BrN5. The van der Waals surface area contributed by atoms with E-state index in [1.165, 1.54) is 0 Å². The van der Waals surface area contributed by atoms with Crippen LogP contribution in [0.4, 0.5) is 5.82 Å². The van der Waals surface area contributed by atoms with E-state index < -0.39 is 0 Å². The van der Waals surface area contributed by atoms with Gasteiger partial charge in [-0.25, -0.2) is 15.0 Å². The molecule has 114 valence electrons. The molecule has 21 heavy (non-hydrogen) atoms. The lowest BCUT2D eigenvalue weighted by atomic mass is 9.92. The van der Waals surface area contributed by atoms with Gasteiger partial charge >= 0.3 is 0 Å². The largest absolute Gasteiger partial charge is 0.372 e. The average molecular weight is 352 g/mol. The number of aromatic nitrogens is 4. The van der Waals surface area contributed by atoms with Crippen molar-refractivity contribution in [3.05, 3.63) is 22.7 Å². The second-order valence-corrected chi connectivity index (χ2v) is 6.82. The maximum Gasteiger partial charge on any atom is 0.180 e. The van der Waals surface area contributed by atoms with E-state index in [-0.39, 0.29) is 5.41 Å². The highest BCUT2D eigenvalue weighted by Gasteiger charge is 2.24. The molecule has 0 spiro atoms. The molecule has 0 amide bonds. The molecule has 0 atom stereocenters. The fraction of sp³-hybridized carbons (Fsp3) is 0.533. The molecule has 0 radical (unpaired) electrons. The van der Waals surface area contributed by atoms with Crippen molar-refractivity contribution in [1.82, 2.24) is 19.5 Å². The number of nitrogens with one attached hydrogen (secondary N) is 1. The maximum atomic E-state index is 4.78. The molecule has 0 saturated carbocycles. The zero-order chi connectivity index (χ0) is 15.6. The van der Waals surface area contributed by atoms with Crippen LogP contribution in [0.25, 0.3) is 11.5 Å². The zero-order valence-corrected chi connectivity index (χ0v) is 14.8. The van der Waals surface area contributed by atoms with E-state index >= 15 is 0 Å². The number of imidazole rings is 1. The second-order valence-electron chi connectivity index (χ2n) is 6.03. The maximum absolute atomic E-state index is 4.78. The summed E-state index contributed by atoms with van der Waals surface area (Å²) < 4.78 is 3.01. The summed E-state index contributed by atoms with van der Waals surface area (Å²) in [6.07, 6.45) is 4.70. The minimum atomic E-state index is -0.0717. The van der Waals surface area contributed by atoms with Gasteiger partial charge in [-0.2, -0.15) is 0 Å². The fourth-order valence-corrected chi connectivity index (χ4v) is 3.12. The summed E-state index contributed by atoms with van der Waals surface area (Å²) in [6, 6.07) is 0. The topological polar surface area (TPSA) is 55.6 Å². The Morgan fingerprint density at radius 2 is 2.00 bits per heavy atom. The summed E-state index contributed by atoms with van der Waals surface area (Å²) in [5, 5.41) is 3.13. The normalized spacial score (nSPS) is 11.7. The standard InChI is InChI=1S/C15H22BrN5/c1-6-7-21-9-18-8-10(21)13-19-12(15(2,3)4)11(16)14(17-5)20-13/h8-9H,6-7H2,1-5H3,(H,17,19,20). The smallest absolute Gasteiger partial charge is 0.180 e. The molecule has 1 N–H and O–H groups in total. The summed E-state index contributed by atoms with van der Waals surface area (Å²) in [5.41, 5.74) is 1.87. The van der Waals surface area contributed by atoms with Gasteiger partial charge in [0, 0.05) is 19.0 Å². The van der Waals surface area contributed by atoms with Gasteiger partial charge in [0.15, 0.2) is 5.82 Å². The molecule has 2 heterocycles. The Kier molecular flexibility index (Phi) is 4.66. The Morgan fingerprint density at radius 3 is 2.57 bits per heavy atom. The van der Waals surface area contributed by atoms with Gasteiger partial charge in [0.05, 0.1) is 22.7 Å². The van der Waals surface area contributed by atoms with Crippen LogP contribution in [-0.4, -0.2) is 26.6 Å². The number of anilines is 1. The first-order chi connectivity index (χ1) is 9.88. The minimum absolute atomic E-state index is 0.0717. The molecule has 0 fully saturated rings. The first-order valence-corrected chi connectivity index (χ1v) is 7.94. The van der Waals surface area contributed by atoms with Crippen LogP contribution in [0.1, 0.15) is 39.8 Å². The third kappa shape index (κ3) is 3.26. The number of hydrogen-bond acceptors (Lipinski definition) is 4. The number of hydrogen-bond donors (Lipinski definition) is 1. The Hall–Kier alpha value is -1.43. The monoisotopic (exact) mass is 351 g/mol. The molecule has 0 aliphatic carbocycles. The third-order valence-corrected chi connectivity index (χ3v) is 3.96. The van der Waals surface area contributed by atoms with Crippen LogP contribution in [0.5, 0.6) is 0 Å². The van der Waals surface area contributed by atoms with E-state index in [0.717, 1.165) is 34.6 Å². The predicted molar refractivity (Wildman–Crippen MR) is 89.5 cm³/mol. The van der Waals surface area contributed by atoms with E-state index in [2.05, 4.69) is 63.5 Å². The molecule has 6 heteroatoms.